The van der Waals surface area contributed by atoms with Crippen molar-refractivity contribution in [2.45, 2.75) is 38.5 Å². The number of hydrogen-bond acceptors (Lipinski definition) is 2. The summed E-state index contributed by atoms with van der Waals surface area (Å²) >= 11 is 0. The Hall–Kier alpha value is -1.32. The maximum absolute atomic E-state index is 12.6. The van der Waals surface area contributed by atoms with Crippen molar-refractivity contribution in [3.05, 3.63) is 12.2 Å². The zero-order chi connectivity index (χ0) is 14.1. The first-order chi connectivity index (χ1) is 9.63. The Morgan fingerprint density at radius 1 is 1.25 bits per heavy atom. The van der Waals surface area contributed by atoms with Gasteiger partial charge in [-0.25, -0.2) is 0 Å². The number of carboxylic acid groups (broad SMARTS) is 1. The molecule has 2 bridgehead atoms. The standard InChI is InChI=1S/C16H23NO3/c18-15(19)6-4-11-2-1-7-17(10-11)16(20)14-9-12-3-5-13(14)8-12/h3,5,11-14H,1-2,4,6-10H2,(H,18,19). The number of carbonyl (C=O) groups excluding carboxylic acids is 1. The number of allylic oxidation sites excluding steroid dienone is 2. The lowest BCUT2D eigenvalue weighted by Crippen LogP contribution is -2.44. The minimum absolute atomic E-state index is 0.197. The summed E-state index contributed by atoms with van der Waals surface area (Å²) in [5.41, 5.74) is 0. The van der Waals surface area contributed by atoms with Gasteiger partial charge < -0.3 is 10.0 Å². The van der Waals surface area contributed by atoms with E-state index in [1.165, 1.54) is 0 Å². The van der Waals surface area contributed by atoms with Gasteiger partial charge in [-0.3, -0.25) is 9.59 Å². The van der Waals surface area contributed by atoms with Gasteiger partial charge >= 0.3 is 5.97 Å². The van der Waals surface area contributed by atoms with Crippen LogP contribution >= 0.6 is 0 Å². The van der Waals surface area contributed by atoms with Crippen LogP contribution in [0.3, 0.4) is 0 Å². The monoisotopic (exact) mass is 277 g/mol. The van der Waals surface area contributed by atoms with Crippen molar-refractivity contribution in [1.82, 2.24) is 4.90 Å². The number of nitrogens with zero attached hydrogens (tertiary/aromatic N) is 1. The number of fused-ring (bicyclic) bond motifs is 2. The number of piperidine rings is 1. The van der Waals surface area contributed by atoms with Crippen LogP contribution in [0.4, 0.5) is 0 Å². The summed E-state index contributed by atoms with van der Waals surface area (Å²) in [5, 5.41) is 8.78. The van der Waals surface area contributed by atoms with Gasteiger partial charge in [0.25, 0.3) is 0 Å². The third kappa shape index (κ3) is 2.74. The van der Waals surface area contributed by atoms with Crippen molar-refractivity contribution >= 4 is 11.9 Å². The highest BCUT2D eigenvalue weighted by atomic mass is 16.4. The summed E-state index contributed by atoms with van der Waals surface area (Å²) in [6, 6.07) is 0. The Labute approximate surface area is 119 Å². The molecule has 0 radical (unpaired) electrons. The number of amides is 1. The Balaban J connectivity index is 1.55. The molecular weight excluding hydrogens is 254 g/mol. The fraction of sp³-hybridized carbons (Fsp3) is 0.750. The van der Waals surface area contributed by atoms with Crippen LogP contribution in [-0.4, -0.2) is 35.0 Å². The van der Waals surface area contributed by atoms with E-state index in [1.54, 1.807) is 0 Å². The lowest BCUT2D eigenvalue weighted by Gasteiger charge is -2.35. The summed E-state index contributed by atoms with van der Waals surface area (Å²) in [4.78, 5) is 25.3. The molecule has 4 unspecified atom stereocenters. The average molecular weight is 277 g/mol. The van der Waals surface area contributed by atoms with Crippen molar-refractivity contribution < 1.29 is 14.7 Å². The quantitative estimate of drug-likeness (QED) is 0.802. The van der Waals surface area contributed by atoms with Crippen LogP contribution in [0, 0.1) is 23.7 Å². The highest BCUT2D eigenvalue weighted by molar-refractivity contribution is 5.80. The second-order valence-corrected chi connectivity index (χ2v) is 6.61. The molecule has 1 heterocycles. The molecule has 3 rings (SSSR count). The van der Waals surface area contributed by atoms with Crippen LogP contribution in [0.25, 0.3) is 0 Å². The van der Waals surface area contributed by atoms with Gasteiger partial charge in [-0.2, -0.15) is 0 Å². The fourth-order valence-electron chi connectivity index (χ4n) is 4.13. The molecule has 4 nitrogen and oxygen atoms in total. The molecule has 20 heavy (non-hydrogen) atoms. The molecule has 1 amide bonds. The van der Waals surface area contributed by atoms with Crippen LogP contribution < -0.4 is 0 Å². The van der Waals surface area contributed by atoms with Crippen molar-refractivity contribution in [2.24, 2.45) is 23.7 Å². The van der Waals surface area contributed by atoms with E-state index in [0.29, 0.717) is 30.1 Å². The van der Waals surface area contributed by atoms with E-state index in [4.69, 9.17) is 5.11 Å². The number of carbonyl (C=O) groups is 2. The fourth-order valence-corrected chi connectivity index (χ4v) is 4.13. The maximum Gasteiger partial charge on any atom is 0.303 e. The Morgan fingerprint density at radius 2 is 2.10 bits per heavy atom. The maximum atomic E-state index is 12.6. The summed E-state index contributed by atoms with van der Waals surface area (Å²) < 4.78 is 0. The molecular formula is C16H23NO3. The number of carboxylic acids is 1. The van der Waals surface area contributed by atoms with E-state index >= 15 is 0 Å². The molecule has 2 aliphatic carbocycles. The first-order valence-electron chi connectivity index (χ1n) is 7.82. The summed E-state index contributed by atoms with van der Waals surface area (Å²) in [6.07, 6.45) is 9.69. The SMILES string of the molecule is O=C(O)CCC1CCCN(C(=O)C2CC3C=CC2C3)C1. The lowest BCUT2D eigenvalue weighted by atomic mass is 9.89. The number of aliphatic carboxylic acids is 1. The normalized spacial score (nSPS) is 35.5. The Morgan fingerprint density at radius 3 is 2.75 bits per heavy atom. The van der Waals surface area contributed by atoms with Crippen molar-refractivity contribution in [3.8, 4) is 0 Å². The highest BCUT2D eigenvalue weighted by Gasteiger charge is 2.42. The molecule has 0 aromatic rings. The zero-order valence-corrected chi connectivity index (χ0v) is 11.8. The average Bonchev–Trinajstić information content (AvgIpc) is 3.07. The second kappa shape index (κ2) is 5.58. The van der Waals surface area contributed by atoms with E-state index in [9.17, 15) is 9.59 Å². The van der Waals surface area contributed by atoms with E-state index in [0.717, 1.165) is 38.8 Å². The van der Waals surface area contributed by atoms with E-state index in [1.807, 2.05) is 4.90 Å². The highest BCUT2D eigenvalue weighted by Crippen LogP contribution is 2.44. The van der Waals surface area contributed by atoms with Crippen LogP contribution in [-0.2, 0) is 9.59 Å². The van der Waals surface area contributed by atoms with E-state index in [2.05, 4.69) is 12.2 Å². The smallest absolute Gasteiger partial charge is 0.303 e. The van der Waals surface area contributed by atoms with Gasteiger partial charge in [-0.1, -0.05) is 12.2 Å². The first kappa shape index (κ1) is 13.7. The van der Waals surface area contributed by atoms with Gasteiger partial charge in [0.1, 0.15) is 0 Å². The predicted molar refractivity (Wildman–Crippen MR) is 75.0 cm³/mol. The second-order valence-electron chi connectivity index (χ2n) is 6.61. The van der Waals surface area contributed by atoms with E-state index < -0.39 is 5.97 Å². The topological polar surface area (TPSA) is 57.6 Å². The molecule has 1 saturated carbocycles. The van der Waals surface area contributed by atoms with Crippen LogP contribution in [0.1, 0.15) is 38.5 Å². The summed E-state index contributed by atoms with van der Waals surface area (Å²) in [7, 11) is 0. The van der Waals surface area contributed by atoms with Crippen molar-refractivity contribution in [2.75, 3.05) is 13.1 Å². The molecule has 2 fully saturated rings. The zero-order valence-electron chi connectivity index (χ0n) is 11.8. The number of hydrogen-bond donors (Lipinski definition) is 1. The minimum Gasteiger partial charge on any atom is -0.481 e. The van der Waals surface area contributed by atoms with Gasteiger partial charge in [0, 0.05) is 25.4 Å². The van der Waals surface area contributed by atoms with Crippen LogP contribution in [0.2, 0.25) is 0 Å². The van der Waals surface area contributed by atoms with Gasteiger partial charge in [0.2, 0.25) is 5.91 Å². The third-order valence-corrected chi connectivity index (χ3v) is 5.19. The molecule has 4 atom stereocenters. The van der Waals surface area contributed by atoms with Gasteiger partial charge in [-0.05, 0) is 49.9 Å². The molecule has 4 heteroatoms. The summed E-state index contributed by atoms with van der Waals surface area (Å²) in [6.45, 7) is 1.63. The molecule has 1 saturated heterocycles. The van der Waals surface area contributed by atoms with Crippen LogP contribution in [0.15, 0.2) is 12.2 Å². The molecule has 0 aromatic heterocycles. The third-order valence-electron chi connectivity index (χ3n) is 5.19. The predicted octanol–water partition coefficient (Wildman–Crippen LogP) is 2.30. The minimum atomic E-state index is -0.730. The molecule has 0 aromatic carbocycles. The van der Waals surface area contributed by atoms with E-state index in [-0.39, 0.29) is 12.3 Å². The lowest BCUT2D eigenvalue weighted by molar-refractivity contribution is -0.138. The molecule has 0 spiro atoms. The van der Waals surface area contributed by atoms with Crippen molar-refractivity contribution in [1.29, 1.82) is 0 Å². The van der Waals surface area contributed by atoms with Crippen molar-refractivity contribution in [3.63, 3.8) is 0 Å². The Bertz CT molecular complexity index is 431. The van der Waals surface area contributed by atoms with Crippen LogP contribution in [0.5, 0.6) is 0 Å². The number of likely N-dealkylation sites (tertiary alicyclic amines) is 1. The van der Waals surface area contributed by atoms with Gasteiger partial charge in [0.15, 0.2) is 0 Å². The summed E-state index contributed by atoms with van der Waals surface area (Å²) in [5.74, 6) is 1.25. The first-order valence-corrected chi connectivity index (χ1v) is 7.82. The largest absolute Gasteiger partial charge is 0.481 e. The molecule has 1 N–H and O–H groups in total. The molecule has 3 aliphatic rings. The number of rotatable bonds is 4. The molecule has 1 aliphatic heterocycles. The van der Waals surface area contributed by atoms with Gasteiger partial charge in [-0.15, -0.1) is 0 Å². The molecule has 110 valence electrons. The van der Waals surface area contributed by atoms with Gasteiger partial charge in [0.05, 0.1) is 0 Å². The Kier molecular flexibility index (Phi) is 3.81.